The number of nitrogens with zero attached hydrogens (tertiary/aromatic N) is 1. The van der Waals surface area contributed by atoms with Crippen molar-refractivity contribution >= 4 is 44.8 Å². The molecule has 0 saturated carbocycles. The van der Waals surface area contributed by atoms with Crippen LogP contribution in [0, 0.1) is 5.92 Å². The molecule has 162 valence electrons. The molecule has 1 aliphatic rings. The summed E-state index contributed by atoms with van der Waals surface area (Å²) in [7, 11) is -3.71. The number of nitrogens with one attached hydrogen (secondary N) is 1. The van der Waals surface area contributed by atoms with E-state index in [1.807, 2.05) is 0 Å². The first kappa shape index (κ1) is 22.9. The van der Waals surface area contributed by atoms with E-state index in [1.54, 1.807) is 0 Å². The van der Waals surface area contributed by atoms with Crippen molar-refractivity contribution in [2.24, 2.45) is 5.92 Å². The van der Waals surface area contributed by atoms with Crippen LogP contribution in [-0.2, 0) is 21.0 Å². The summed E-state index contributed by atoms with van der Waals surface area (Å²) in [6.45, 7) is 0.245. The van der Waals surface area contributed by atoms with E-state index in [-0.39, 0.29) is 36.5 Å². The molecule has 3 rings (SSSR count). The standard InChI is InChI=1S/C19H17Cl2F3N2O3S/c20-13-1-4-15(5-2-13)30(28,29)26-9-7-12(8-10-26)18(27)25-14-3-6-17(21)16(11-14)19(22,23)24/h1-6,11-12H,7-10H2,(H,25,27). The highest BCUT2D eigenvalue weighted by atomic mass is 35.5. The van der Waals surface area contributed by atoms with E-state index in [1.165, 1.54) is 34.6 Å². The molecule has 1 amide bonds. The van der Waals surface area contributed by atoms with Crippen LogP contribution in [0.2, 0.25) is 10.0 Å². The second-order valence-electron chi connectivity index (χ2n) is 6.81. The average Bonchev–Trinajstić information content (AvgIpc) is 2.69. The van der Waals surface area contributed by atoms with E-state index >= 15 is 0 Å². The maximum absolute atomic E-state index is 13.0. The fourth-order valence-corrected chi connectivity index (χ4v) is 5.00. The van der Waals surface area contributed by atoms with Crippen LogP contribution in [0.25, 0.3) is 0 Å². The largest absolute Gasteiger partial charge is 0.417 e. The first-order chi connectivity index (χ1) is 14.0. The third-order valence-corrected chi connectivity index (χ3v) is 7.31. The molecule has 1 saturated heterocycles. The van der Waals surface area contributed by atoms with Gasteiger partial charge in [-0.2, -0.15) is 17.5 Å². The van der Waals surface area contributed by atoms with Crippen molar-refractivity contribution < 1.29 is 26.4 Å². The molecule has 0 radical (unpaired) electrons. The van der Waals surface area contributed by atoms with Gasteiger partial charge in [0, 0.05) is 29.7 Å². The Hall–Kier alpha value is -1.81. The van der Waals surface area contributed by atoms with Crippen LogP contribution in [0.15, 0.2) is 47.4 Å². The highest BCUT2D eigenvalue weighted by Crippen LogP contribution is 2.36. The molecule has 0 spiro atoms. The predicted octanol–water partition coefficient (Wildman–Crippen LogP) is 5.05. The Kier molecular flexibility index (Phi) is 6.66. The number of hydrogen-bond acceptors (Lipinski definition) is 3. The number of hydrogen-bond donors (Lipinski definition) is 1. The van der Waals surface area contributed by atoms with E-state index in [0.29, 0.717) is 5.02 Å². The third-order valence-electron chi connectivity index (χ3n) is 4.82. The van der Waals surface area contributed by atoms with E-state index in [2.05, 4.69) is 5.32 Å². The van der Waals surface area contributed by atoms with Gasteiger partial charge in [-0.1, -0.05) is 23.2 Å². The lowest BCUT2D eigenvalue weighted by Gasteiger charge is -2.30. The summed E-state index contributed by atoms with van der Waals surface area (Å²) in [5.41, 5.74) is -1.06. The van der Waals surface area contributed by atoms with Crippen LogP contribution in [-0.4, -0.2) is 31.7 Å². The number of halogens is 5. The quantitative estimate of drug-likeness (QED) is 0.665. The molecule has 2 aromatic rings. The van der Waals surface area contributed by atoms with Crippen molar-refractivity contribution in [3.05, 3.63) is 58.1 Å². The van der Waals surface area contributed by atoms with Gasteiger partial charge in [-0.25, -0.2) is 8.42 Å². The van der Waals surface area contributed by atoms with Crippen molar-refractivity contribution in [2.45, 2.75) is 23.9 Å². The minimum atomic E-state index is -4.64. The highest BCUT2D eigenvalue weighted by Gasteiger charge is 2.34. The Balaban J connectivity index is 1.64. The lowest BCUT2D eigenvalue weighted by atomic mass is 9.97. The van der Waals surface area contributed by atoms with Gasteiger partial charge in [0.2, 0.25) is 15.9 Å². The summed E-state index contributed by atoms with van der Waals surface area (Å²) >= 11 is 11.4. The number of sulfonamides is 1. The average molecular weight is 481 g/mol. The zero-order chi connectivity index (χ0) is 22.1. The molecule has 5 nitrogen and oxygen atoms in total. The number of anilines is 1. The summed E-state index contributed by atoms with van der Waals surface area (Å²) in [5, 5.41) is 2.42. The molecule has 0 atom stereocenters. The molecular weight excluding hydrogens is 464 g/mol. The first-order valence-electron chi connectivity index (χ1n) is 8.92. The van der Waals surface area contributed by atoms with Crippen molar-refractivity contribution in [1.82, 2.24) is 4.31 Å². The summed E-state index contributed by atoms with van der Waals surface area (Å²) in [4.78, 5) is 12.6. The smallest absolute Gasteiger partial charge is 0.326 e. The van der Waals surface area contributed by atoms with Crippen LogP contribution in [0.1, 0.15) is 18.4 Å². The van der Waals surface area contributed by atoms with E-state index < -0.39 is 38.6 Å². The number of alkyl halides is 3. The molecule has 0 unspecified atom stereocenters. The van der Waals surface area contributed by atoms with Gasteiger partial charge in [-0.05, 0) is 55.3 Å². The molecule has 1 N–H and O–H groups in total. The molecule has 0 bridgehead atoms. The van der Waals surface area contributed by atoms with Crippen LogP contribution in [0.3, 0.4) is 0 Å². The van der Waals surface area contributed by atoms with Crippen molar-refractivity contribution in [3.63, 3.8) is 0 Å². The second-order valence-corrected chi connectivity index (χ2v) is 9.60. The van der Waals surface area contributed by atoms with Crippen LogP contribution in [0.4, 0.5) is 18.9 Å². The lowest BCUT2D eigenvalue weighted by Crippen LogP contribution is -2.41. The molecular formula is C19H17Cl2F3N2O3S. The van der Waals surface area contributed by atoms with Gasteiger partial charge in [0.15, 0.2) is 0 Å². The summed E-state index contributed by atoms with van der Waals surface area (Å²) < 4.78 is 65.6. The number of benzene rings is 2. The number of piperidine rings is 1. The molecule has 11 heteroatoms. The van der Waals surface area contributed by atoms with Gasteiger partial charge in [-0.3, -0.25) is 4.79 Å². The number of amides is 1. The minimum absolute atomic E-state index is 0.0204. The van der Waals surface area contributed by atoms with Gasteiger partial charge < -0.3 is 5.32 Å². The molecule has 0 aromatic heterocycles. The van der Waals surface area contributed by atoms with Crippen LogP contribution < -0.4 is 5.32 Å². The number of carbonyl (C=O) groups excluding carboxylic acids is 1. The molecule has 1 aliphatic heterocycles. The van der Waals surface area contributed by atoms with Crippen molar-refractivity contribution in [3.8, 4) is 0 Å². The maximum atomic E-state index is 13.0. The SMILES string of the molecule is O=C(Nc1ccc(Cl)c(C(F)(F)F)c1)C1CCN(S(=O)(=O)c2ccc(Cl)cc2)CC1. The minimum Gasteiger partial charge on any atom is -0.326 e. The fourth-order valence-electron chi connectivity index (χ4n) is 3.18. The number of rotatable bonds is 4. The summed E-state index contributed by atoms with van der Waals surface area (Å²) in [6.07, 6.45) is -4.14. The van der Waals surface area contributed by atoms with E-state index in [9.17, 15) is 26.4 Å². The Morgan fingerprint density at radius 2 is 1.63 bits per heavy atom. The highest BCUT2D eigenvalue weighted by molar-refractivity contribution is 7.89. The molecule has 30 heavy (non-hydrogen) atoms. The molecule has 1 fully saturated rings. The fraction of sp³-hybridized carbons (Fsp3) is 0.316. The van der Waals surface area contributed by atoms with E-state index in [4.69, 9.17) is 23.2 Å². The van der Waals surface area contributed by atoms with Gasteiger partial charge >= 0.3 is 6.18 Å². The van der Waals surface area contributed by atoms with Gasteiger partial charge in [0.05, 0.1) is 15.5 Å². The normalized spacial score (nSPS) is 16.4. The maximum Gasteiger partial charge on any atom is 0.417 e. The Morgan fingerprint density at radius 1 is 1.03 bits per heavy atom. The lowest BCUT2D eigenvalue weighted by molar-refractivity contribution is -0.137. The molecule has 1 heterocycles. The van der Waals surface area contributed by atoms with Crippen LogP contribution in [0.5, 0.6) is 0 Å². The van der Waals surface area contributed by atoms with Gasteiger partial charge in [0.1, 0.15) is 0 Å². The predicted molar refractivity (Wildman–Crippen MR) is 108 cm³/mol. The Labute approximate surface area is 181 Å². The summed E-state index contributed by atoms with van der Waals surface area (Å²) in [5.74, 6) is -0.985. The van der Waals surface area contributed by atoms with Crippen molar-refractivity contribution in [1.29, 1.82) is 0 Å². The van der Waals surface area contributed by atoms with Gasteiger partial charge in [-0.15, -0.1) is 0 Å². The van der Waals surface area contributed by atoms with Crippen molar-refractivity contribution in [2.75, 3.05) is 18.4 Å². The second kappa shape index (κ2) is 8.74. The molecule has 0 aliphatic carbocycles. The summed E-state index contributed by atoms with van der Waals surface area (Å²) in [6, 6.07) is 8.92. The zero-order valence-corrected chi connectivity index (χ0v) is 17.7. The Bertz CT molecular complexity index is 1040. The first-order valence-corrected chi connectivity index (χ1v) is 11.1. The molecule has 2 aromatic carbocycles. The Morgan fingerprint density at radius 3 is 2.20 bits per heavy atom. The zero-order valence-electron chi connectivity index (χ0n) is 15.4. The monoisotopic (exact) mass is 480 g/mol. The number of carbonyl (C=O) groups is 1. The topological polar surface area (TPSA) is 66.5 Å². The van der Waals surface area contributed by atoms with Gasteiger partial charge in [0.25, 0.3) is 0 Å². The third kappa shape index (κ3) is 5.08. The van der Waals surface area contributed by atoms with Crippen LogP contribution >= 0.6 is 23.2 Å². The van der Waals surface area contributed by atoms with E-state index in [0.717, 1.165) is 12.1 Å².